The maximum atomic E-state index is 14.3. The van der Waals surface area contributed by atoms with E-state index in [2.05, 4.69) is 30.6 Å². The Hall–Kier alpha value is -3.73. The largest absolute Gasteiger partial charge is 0.487 e. The number of halogens is 2. The van der Waals surface area contributed by atoms with Gasteiger partial charge in [0.2, 0.25) is 6.39 Å². The third-order valence-corrected chi connectivity index (χ3v) is 6.25. The topological polar surface area (TPSA) is 124 Å². The molecule has 3 aromatic heterocycles. The molecule has 1 aliphatic rings. The van der Waals surface area contributed by atoms with Crippen LogP contribution in [0.25, 0.3) is 0 Å². The summed E-state index contributed by atoms with van der Waals surface area (Å²) in [5.74, 6) is 0.136. The molecule has 5 rings (SSSR count). The van der Waals surface area contributed by atoms with Crippen molar-refractivity contribution in [3.8, 4) is 5.75 Å². The van der Waals surface area contributed by atoms with Crippen LogP contribution in [0, 0.1) is 5.82 Å². The maximum Gasteiger partial charge on any atom is 0.437 e. The Labute approximate surface area is 198 Å². The summed E-state index contributed by atoms with van der Waals surface area (Å²) >= 11 is 5.87. The van der Waals surface area contributed by atoms with Gasteiger partial charge in [-0.25, -0.2) is 14.2 Å². The summed E-state index contributed by atoms with van der Waals surface area (Å²) in [6.07, 6.45) is 8.49. The molecule has 0 atom stereocenters. The summed E-state index contributed by atoms with van der Waals surface area (Å²) in [6, 6.07) is 6.45. The fourth-order valence-electron chi connectivity index (χ4n) is 4.34. The number of hydrogen-bond acceptors (Lipinski definition) is 8. The number of aromatic nitrogens is 6. The number of rotatable bonds is 7. The smallest absolute Gasteiger partial charge is 0.437 e. The Morgan fingerprint density at radius 1 is 1.26 bits per heavy atom. The minimum atomic E-state index is -0.684. The van der Waals surface area contributed by atoms with Crippen molar-refractivity contribution in [2.24, 2.45) is 0 Å². The Morgan fingerprint density at radius 3 is 2.85 bits per heavy atom. The number of H-pyrrole nitrogens is 1. The van der Waals surface area contributed by atoms with E-state index in [1.54, 1.807) is 36.8 Å². The van der Waals surface area contributed by atoms with Gasteiger partial charge in [0.1, 0.15) is 5.82 Å². The number of nitrogens with one attached hydrogen (secondary N) is 2. The Morgan fingerprint density at radius 2 is 2.12 bits per heavy atom. The van der Waals surface area contributed by atoms with Gasteiger partial charge in [0.15, 0.2) is 17.4 Å². The molecule has 0 amide bonds. The van der Waals surface area contributed by atoms with Gasteiger partial charge in [0, 0.05) is 24.9 Å². The summed E-state index contributed by atoms with van der Waals surface area (Å²) in [6.45, 7) is 0. The monoisotopic (exact) mass is 485 g/mol. The summed E-state index contributed by atoms with van der Waals surface area (Å²) in [4.78, 5) is 21.3. The Balaban J connectivity index is 1.36. The van der Waals surface area contributed by atoms with Crippen LogP contribution in [0.4, 0.5) is 16.0 Å². The van der Waals surface area contributed by atoms with Gasteiger partial charge in [-0.05, 0) is 37.8 Å². The lowest BCUT2D eigenvalue weighted by molar-refractivity contribution is 0.0691. The van der Waals surface area contributed by atoms with Crippen LogP contribution in [0.15, 0.2) is 58.5 Å². The quantitative estimate of drug-likeness (QED) is 0.404. The zero-order chi connectivity index (χ0) is 23.5. The predicted octanol–water partition coefficient (Wildman–Crippen LogP) is 3.85. The zero-order valence-electron chi connectivity index (χ0n) is 17.9. The van der Waals surface area contributed by atoms with E-state index in [0.29, 0.717) is 49.4 Å². The number of benzene rings is 1. The van der Waals surface area contributed by atoms with Gasteiger partial charge >= 0.3 is 5.76 Å². The first-order valence-corrected chi connectivity index (χ1v) is 11.1. The second-order valence-electron chi connectivity index (χ2n) is 8.17. The van der Waals surface area contributed by atoms with Crippen molar-refractivity contribution in [2.75, 3.05) is 5.32 Å². The van der Waals surface area contributed by atoms with Crippen LogP contribution < -0.4 is 15.8 Å². The highest BCUT2D eigenvalue weighted by atomic mass is 35.5. The normalized spacial score (nSPS) is 20.2. The van der Waals surface area contributed by atoms with E-state index in [9.17, 15) is 9.18 Å². The third-order valence-electron chi connectivity index (χ3n) is 5.96. The Kier molecular flexibility index (Phi) is 6.01. The summed E-state index contributed by atoms with van der Waals surface area (Å²) in [5.41, 5.74) is -0.00750. The molecule has 0 bridgehead atoms. The van der Waals surface area contributed by atoms with Crippen molar-refractivity contribution in [1.82, 2.24) is 29.9 Å². The minimum absolute atomic E-state index is 0.0127. The van der Waals surface area contributed by atoms with Crippen molar-refractivity contribution >= 4 is 23.2 Å². The summed E-state index contributed by atoms with van der Waals surface area (Å²) in [7, 11) is 0. The molecule has 12 heteroatoms. The molecule has 1 aliphatic carbocycles. The minimum Gasteiger partial charge on any atom is -0.487 e. The van der Waals surface area contributed by atoms with E-state index in [1.807, 2.05) is 0 Å². The third kappa shape index (κ3) is 4.51. The Bertz CT molecular complexity index is 1320. The van der Waals surface area contributed by atoms with Gasteiger partial charge in [-0.3, -0.25) is 10.1 Å². The van der Waals surface area contributed by atoms with E-state index in [0.717, 1.165) is 6.39 Å². The second kappa shape index (κ2) is 9.26. The number of aromatic amines is 1. The van der Waals surface area contributed by atoms with Gasteiger partial charge in [-0.15, -0.1) is 5.10 Å². The highest BCUT2D eigenvalue weighted by Crippen LogP contribution is 2.38. The molecule has 176 valence electrons. The van der Waals surface area contributed by atoms with Crippen molar-refractivity contribution < 1.29 is 13.5 Å². The van der Waals surface area contributed by atoms with Crippen molar-refractivity contribution in [3.05, 3.63) is 76.3 Å². The predicted molar refractivity (Wildman–Crippen MR) is 121 cm³/mol. The average Bonchev–Trinajstić information content (AvgIpc) is 3.50. The molecule has 34 heavy (non-hydrogen) atoms. The van der Waals surface area contributed by atoms with Gasteiger partial charge in [-0.1, -0.05) is 17.7 Å². The van der Waals surface area contributed by atoms with Crippen LogP contribution >= 0.6 is 11.6 Å². The molecule has 1 aromatic carbocycles. The second-order valence-corrected chi connectivity index (χ2v) is 8.57. The molecule has 0 saturated heterocycles. The van der Waals surface area contributed by atoms with Gasteiger partial charge in [-0.2, -0.15) is 9.78 Å². The molecular formula is C22H21ClFN7O3. The van der Waals surface area contributed by atoms with Gasteiger partial charge < -0.3 is 14.5 Å². The van der Waals surface area contributed by atoms with Crippen molar-refractivity contribution in [1.29, 1.82) is 0 Å². The van der Waals surface area contributed by atoms with Crippen LogP contribution in [0.2, 0.25) is 5.02 Å². The standard InChI is InChI=1S/C22H21ClFN7O3/c23-16-2-1-3-17(20(16)24)34-15-4-7-22(8-5-15,31-21(32)33-13-27-31)10-14-11-25-12-19(28-14)29-18-6-9-26-30-18/h1-3,6,9,11-13,15H,4-5,7-8,10H2,(H2,26,28,29,30). The van der Waals surface area contributed by atoms with Crippen LogP contribution in [-0.4, -0.2) is 36.0 Å². The molecule has 0 radical (unpaired) electrons. The lowest BCUT2D eigenvalue weighted by atomic mass is 9.77. The molecule has 3 heterocycles. The lowest BCUT2D eigenvalue weighted by Gasteiger charge is -2.39. The van der Waals surface area contributed by atoms with E-state index < -0.39 is 17.1 Å². The van der Waals surface area contributed by atoms with Crippen LogP contribution in [-0.2, 0) is 12.0 Å². The molecule has 2 N–H and O–H groups in total. The van der Waals surface area contributed by atoms with Gasteiger partial charge in [0.25, 0.3) is 0 Å². The zero-order valence-corrected chi connectivity index (χ0v) is 18.7. The van der Waals surface area contributed by atoms with E-state index in [-0.39, 0.29) is 16.9 Å². The van der Waals surface area contributed by atoms with E-state index >= 15 is 0 Å². The first kappa shape index (κ1) is 22.1. The van der Waals surface area contributed by atoms with Crippen LogP contribution in [0.3, 0.4) is 0 Å². The van der Waals surface area contributed by atoms with Crippen molar-refractivity contribution in [3.63, 3.8) is 0 Å². The molecule has 0 unspecified atom stereocenters. The lowest BCUT2D eigenvalue weighted by Crippen LogP contribution is -2.47. The van der Waals surface area contributed by atoms with Crippen LogP contribution in [0.1, 0.15) is 31.4 Å². The highest BCUT2D eigenvalue weighted by Gasteiger charge is 2.41. The fraction of sp³-hybridized carbons (Fsp3) is 0.318. The number of hydrogen-bond donors (Lipinski definition) is 2. The molecule has 4 aromatic rings. The van der Waals surface area contributed by atoms with Crippen LogP contribution in [0.5, 0.6) is 5.75 Å². The molecular weight excluding hydrogens is 465 g/mol. The van der Waals surface area contributed by atoms with Crippen molar-refractivity contribution in [2.45, 2.75) is 43.7 Å². The SMILES string of the molecule is O=c1ocnn1C1(Cc2cncc(Nc3cc[nH]n3)n2)CCC(Oc2cccc(Cl)c2F)CC1. The molecule has 10 nitrogen and oxygen atoms in total. The number of nitrogens with zero attached hydrogens (tertiary/aromatic N) is 5. The first-order valence-electron chi connectivity index (χ1n) is 10.7. The van der Waals surface area contributed by atoms with Gasteiger partial charge in [0.05, 0.1) is 28.6 Å². The fourth-order valence-corrected chi connectivity index (χ4v) is 4.51. The number of anilines is 2. The molecule has 0 spiro atoms. The van der Waals surface area contributed by atoms with E-state index in [4.69, 9.17) is 20.8 Å². The molecule has 1 fully saturated rings. The average molecular weight is 486 g/mol. The van der Waals surface area contributed by atoms with E-state index in [1.165, 1.54) is 10.7 Å². The maximum absolute atomic E-state index is 14.3. The number of ether oxygens (including phenoxy) is 1. The molecule has 1 saturated carbocycles. The first-order chi connectivity index (χ1) is 16.5. The molecule has 0 aliphatic heterocycles. The summed E-state index contributed by atoms with van der Waals surface area (Å²) in [5, 5.41) is 14.0. The summed E-state index contributed by atoms with van der Waals surface area (Å²) < 4.78 is 26.5. The highest BCUT2D eigenvalue weighted by molar-refractivity contribution is 6.30.